The molecule has 1 saturated heterocycles. The molecule has 5 nitrogen and oxygen atoms in total. The summed E-state index contributed by atoms with van der Waals surface area (Å²) in [7, 11) is 0. The maximum Gasteiger partial charge on any atom is 0.407 e. The number of rotatable bonds is 1. The minimum absolute atomic E-state index is 0.127. The van der Waals surface area contributed by atoms with Gasteiger partial charge in [0.15, 0.2) is 0 Å². The molecule has 1 amide bonds. The minimum Gasteiger partial charge on any atom is -0.465 e. The SMILES string of the molecule is O=C(O)N1CCN([C@H]2C[C@@H](O)C2)CC1. The molecule has 0 unspecified atom stereocenters. The van der Waals surface area contributed by atoms with Crippen LogP contribution in [0.3, 0.4) is 0 Å². The van der Waals surface area contributed by atoms with Gasteiger partial charge in [0.1, 0.15) is 0 Å². The molecular formula is C9H16N2O3. The number of nitrogens with zero attached hydrogens (tertiary/aromatic N) is 2. The van der Waals surface area contributed by atoms with Crippen LogP contribution in [-0.4, -0.2) is 64.4 Å². The molecule has 2 fully saturated rings. The Balaban J connectivity index is 1.76. The highest BCUT2D eigenvalue weighted by Gasteiger charge is 2.34. The topological polar surface area (TPSA) is 64.0 Å². The summed E-state index contributed by atoms with van der Waals surface area (Å²) in [6, 6.07) is 0.487. The second-order valence-corrected chi connectivity index (χ2v) is 4.08. The molecule has 0 aromatic heterocycles. The van der Waals surface area contributed by atoms with E-state index in [1.807, 2.05) is 0 Å². The van der Waals surface area contributed by atoms with E-state index in [1.54, 1.807) is 0 Å². The van der Waals surface area contributed by atoms with Crippen molar-refractivity contribution in [3.05, 3.63) is 0 Å². The molecule has 14 heavy (non-hydrogen) atoms. The lowest BCUT2D eigenvalue weighted by Crippen LogP contribution is -2.55. The summed E-state index contributed by atoms with van der Waals surface area (Å²) in [4.78, 5) is 14.4. The van der Waals surface area contributed by atoms with E-state index in [-0.39, 0.29) is 6.10 Å². The fraction of sp³-hybridized carbons (Fsp3) is 0.889. The zero-order valence-corrected chi connectivity index (χ0v) is 8.09. The molecule has 2 rings (SSSR count). The number of hydrogen-bond donors (Lipinski definition) is 2. The molecule has 0 spiro atoms. The molecule has 0 bridgehead atoms. The van der Waals surface area contributed by atoms with Crippen LogP contribution < -0.4 is 0 Å². The van der Waals surface area contributed by atoms with Crippen LogP contribution in [0.25, 0.3) is 0 Å². The first-order valence-electron chi connectivity index (χ1n) is 5.07. The maximum absolute atomic E-state index is 10.6. The molecule has 1 aliphatic heterocycles. The van der Waals surface area contributed by atoms with Gasteiger partial charge in [-0.05, 0) is 12.8 Å². The normalized spacial score (nSPS) is 33.9. The molecule has 0 aromatic carbocycles. The Hall–Kier alpha value is -0.810. The maximum atomic E-state index is 10.6. The zero-order chi connectivity index (χ0) is 10.1. The van der Waals surface area contributed by atoms with E-state index >= 15 is 0 Å². The number of aliphatic hydroxyl groups is 1. The highest BCUT2D eigenvalue weighted by Crippen LogP contribution is 2.26. The van der Waals surface area contributed by atoms with Crippen LogP contribution in [0.1, 0.15) is 12.8 Å². The van der Waals surface area contributed by atoms with Crippen LogP contribution in [-0.2, 0) is 0 Å². The predicted octanol–water partition coefficient (Wildman–Crippen LogP) is -0.195. The van der Waals surface area contributed by atoms with Gasteiger partial charge in [-0.2, -0.15) is 0 Å². The minimum atomic E-state index is -0.821. The van der Waals surface area contributed by atoms with Crippen molar-refractivity contribution in [2.75, 3.05) is 26.2 Å². The Bertz CT molecular complexity index is 220. The average molecular weight is 200 g/mol. The summed E-state index contributed by atoms with van der Waals surface area (Å²) in [6.45, 7) is 2.82. The second kappa shape index (κ2) is 3.74. The monoisotopic (exact) mass is 200 g/mol. The van der Waals surface area contributed by atoms with Crippen molar-refractivity contribution < 1.29 is 15.0 Å². The van der Waals surface area contributed by atoms with Crippen LogP contribution in [0.15, 0.2) is 0 Å². The number of carboxylic acid groups (broad SMARTS) is 1. The quantitative estimate of drug-likeness (QED) is 0.615. The number of carbonyl (C=O) groups is 1. The molecular weight excluding hydrogens is 184 g/mol. The van der Waals surface area contributed by atoms with Gasteiger partial charge in [-0.15, -0.1) is 0 Å². The molecule has 1 heterocycles. The van der Waals surface area contributed by atoms with Crippen molar-refractivity contribution in [3.8, 4) is 0 Å². The van der Waals surface area contributed by atoms with Crippen molar-refractivity contribution in [2.45, 2.75) is 25.0 Å². The predicted molar refractivity (Wildman–Crippen MR) is 50.2 cm³/mol. The Morgan fingerprint density at radius 3 is 2.14 bits per heavy atom. The Labute approximate surface area is 82.9 Å². The lowest BCUT2D eigenvalue weighted by molar-refractivity contribution is -0.0156. The smallest absolute Gasteiger partial charge is 0.407 e. The van der Waals surface area contributed by atoms with Gasteiger partial charge in [0.2, 0.25) is 0 Å². The van der Waals surface area contributed by atoms with Gasteiger partial charge in [-0.25, -0.2) is 4.79 Å². The summed E-state index contributed by atoms with van der Waals surface area (Å²) >= 11 is 0. The molecule has 5 heteroatoms. The Morgan fingerprint density at radius 2 is 1.71 bits per heavy atom. The largest absolute Gasteiger partial charge is 0.465 e. The molecule has 1 saturated carbocycles. The van der Waals surface area contributed by atoms with E-state index in [0.717, 1.165) is 25.9 Å². The van der Waals surface area contributed by atoms with Crippen molar-refractivity contribution in [2.24, 2.45) is 0 Å². The van der Waals surface area contributed by atoms with E-state index in [2.05, 4.69) is 4.90 Å². The fourth-order valence-electron chi connectivity index (χ4n) is 2.14. The summed E-state index contributed by atoms with van der Waals surface area (Å²) in [5.74, 6) is 0. The number of amides is 1. The van der Waals surface area contributed by atoms with E-state index in [0.29, 0.717) is 19.1 Å². The molecule has 0 radical (unpaired) electrons. The summed E-state index contributed by atoms with van der Waals surface area (Å²) in [5, 5.41) is 17.9. The van der Waals surface area contributed by atoms with E-state index in [4.69, 9.17) is 10.2 Å². The van der Waals surface area contributed by atoms with E-state index in [1.165, 1.54) is 4.90 Å². The zero-order valence-electron chi connectivity index (χ0n) is 8.09. The number of piperazine rings is 1. The summed E-state index contributed by atoms with van der Waals surface area (Å²) in [6.07, 6.45) is 0.760. The molecule has 80 valence electrons. The van der Waals surface area contributed by atoms with Crippen LogP contribution in [0.4, 0.5) is 4.79 Å². The second-order valence-electron chi connectivity index (χ2n) is 4.08. The van der Waals surface area contributed by atoms with Crippen molar-refractivity contribution in [3.63, 3.8) is 0 Å². The molecule has 2 aliphatic rings. The highest BCUT2D eigenvalue weighted by molar-refractivity contribution is 5.65. The first-order valence-corrected chi connectivity index (χ1v) is 5.07. The molecule has 0 atom stereocenters. The van der Waals surface area contributed by atoms with Gasteiger partial charge in [0.05, 0.1) is 6.10 Å². The van der Waals surface area contributed by atoms with Gasteiger partial charge >= 0.3 is 6.09 Å². The number of hydrogen-bond acceptors (Lipinski definition) is 3. The van der Waals surface area contributed by atoms with Crippen LogP contribution >= 0.6 is 0 Å². The summed E-state index contributed by atoms with van der Waals surface area (Å²) in [5.41, 5.74) is 0. The number of aliphatic hydroxyl groups excluding tert-OH is 1. The molecule has 1 aliphatic carbocycles. The van der Waals surface area contributed by atoms with Crippen molar-refractivity contribution >= 4 is 6.09 Å². The van der Waals surface area contributed by atoms with Gasteiger partial charge in [-0.3, -0.25) is 4.90 Å². The highest BCUT2D eigenvalue weighted by atomic mass is 16.4. The third-order valence-electron chi connectivity index (χ3n) is 3.19. The van der Waals surface area contributed by atoms with Crippen molar-refractivity contribution in [1.82, 2.24) is 9.80 Å². The average Bonchev–Trinajstić information content (AvgIpc) is 2.13. The third kappa shape index (κ3) is 1.83. The third-order valence-corrected chi connectivity index (χ3v) is 3.19. The molecule has 2 N–H and O–H groups in total. The Morgan fingerprint density at radius 1 is 1.14 bits per heavy atom. The lowest BCUT2D eigenvalue weighted by Gasteiger charge is -2.44. The van der Waals surface area contributed by atoms with E-state index < -0.39 is 6.09 Å². The standard InChI is InChI=1S/C9H16N2O3/c12-8-5-7(6-8)10-1-3-11(4-2-10)9(13)14/h7-8,12H,1-6H2,(H,13,14)/t7-,8+. The molecule has 0 aromatic rings. The fourth-order valence-corrected chi connectivity index (χ4v) is 2.14. The van der Waals surface area contributed by atoms with Gasteiger partial charge < -0.3 is 15.1 Å². The van der Waals surface area contributed by atoms with Gasteiger partial charge in [-0.1, -0.05) is 0 Å². The van der Waals surface area contributed by atoms with E-state index in [9.17, 15) is 4.79 Å². The first-order chi connectivity index (χ1) is 6.66. The Kier molecular flexibility index (Phi) is 2.60. The van der Waals surface area contributed by atoms with Crippen LogP contribution in [0.2, 0.25) is 0 Å². The van der Waals surface area contributed by atoms with Crippen LogP contribution in [0.5, 0.6) is 0 Å². The van der Waals surface area contributed by atoms with Crippen molar-refractivity contribution in [1.29, 1.82) is 0 Å². The first kappa shape index (κ1) is 9.73. The summed E-state index contributed by atoms with van der Waals surface area (Å²) < 4.78 is 0. The van der Waals surface area contributed by atoms with Gasteiger partial charge in [0, 0.05) is 32.2 Å². The van der Waals surface area contributed by atoms with Crippen LogP contribution in [0, 0.1) is 0 Å². The van der Waals surface area contributed by atoms with Gasteiger partial charge in [0.25, 0.3) is 0 Å². The lowest BCUT2D eigenvalue weighted by atomic mass is 9.88.